The van der Waals surface area contributed by atoms with Crippen molar-refractivity contribution in [2.75, 3.05) is 6.61 Å². The summed E-state index contributed by atoms with van der Waals surface area (Å²) < 4.78 is 7.87. The van der Waals surface area contributed by atoms with Gasteiger partial charge >= 0.3 is 0 Å². The lowest BCUT2D eigenvalue weighted by Crippen LogP contribution is -2.15. The van der Waals surface area contributed by atoms with E-state index in [-0.39, 0.29) is 0 Å². The number of fused-ring (bicyclic) bond motifs is 1. The van der Waals surface area contributed by atoms with Gasteiger partial charge in [-0.2, -0.15) is 0 Å². The summed E-state index contributed by atoms with van der Waals surface area (Å²) in [6, 6.07) is 12.3. The van der Waals surface area contributed by atoms with Crippen molar-refractivity contribution in [3.8, 4) is 5.75 Å². The molecule has 27 heavy (non-hydrogen) atoms. The molecule has 5 nitrogen and oxygen atoms in total. The second-order valence-electron chi connectivity index (χ2n) is 7.27. The molecule has 0 radical (unpaired) electrons. The largest absolute Gasteiger partial charge is 0.493 e. The molecule has 0 bridgehead atoms. The number of rotatable bonds is 7. The smallest absolute Gasteiger partial charge is 0.169 e. The fourth-order valence-corrected chi connectivity index (χ4v) is 3.66. The molecular weight excluding hydrogens is 336 g/mol. The van der Waals surface area contributed by atoms with Crippen molar-refractivity contribution >= 4 is 11.3 Å². The van der Waals surface area contributed by atoms with Gasteiger partial charge in [-0.05, 0) is 48.6 Å². The second kappa shape index (κ2) is 8.25. The van der Waals surface area contributed by atoms with E-state index in [4.69, 9.17) is 4.74 Å². The number of nitrogens with zero attached hydrogens (tertiary/aromatic N) is 3. The summed E-state index contributed by atoms with van der Waals surface area (Å²) in [5.41, 5.74) is 3.80. The van der Waals surface area contributed by atoms with Crippen molar-refractivity contribution in [2.24, 2.45) is 5.92 Å². The molecule has 3 aromatic rings. The molecule has 0 atom stereocenters. The first-order chi connectivity index (χ1) is 13.3. The molecule has 1 fully saturated rings. The molecule has 1 aromatic carbocycles. The molecular formula is C22H26N4O. The third-order valence-electron chi connectivity index (χ3n) is 5.29. The van der Waals surface area contributed by atoms with Gasteiger partial charge in [0, 0.05) is 24.0 Å². The molecule has 140 valence electrons. The van der Waals surface area contributed by atoms with Crippen molar-refractivity contribution < 1.29 is 4.74 Å². The van der Waals surface area contributed by atoms with E-state index in [9.17, 15) is 0 Å². The molecule has 0 unspecified atom stereocenters. The van der Waals surface area contributed by atoms with Crippen LogP contribution in [-0.2, 0) is 6.54 Å². The standard InChI is InChI=1S/C22H26N4O/c1-17(21-8-5-13-26-16-24-25-22(21)26)23-14-18-9-11-20(12-10-18)27-15-19-6-3-2-4-7-19/h5,8-13,16,19,23H,1-4,6-7,14-15H2. The van der Waals surface area contributed by atoms with Crippen molar-refractivity contribution in [1.82, 2.24) is 19.9 Å². The molecule has 4 rings (SSSR count). The Morgan fingerprint density at radius 2 is 1.96 bits per heavy atom. The third kappa shape index (κ3) is 4.30. The number of aromatic nitrogens is 3. The summed E-state index contributed by atoms with van der Waals surface area (Å²) in [6.45, 7) is 5.70. The quantitative estimate of drug-likeness (QED) is 0.675. The molecule has 5 heteroatoms. The zero-order chi connectivity index (χ0) is 18.5. The maximum Gasteiger partial charge on any atom is 0.169 e. The summed E-state index contributed by atoms with van der Waals surface area (Å²) in [5.74, 6) is 1.68. The first kappa shape index (κ1) is 17.6. The van der Waals surface area contributed by atoms with Gasteiger partial charge in [0.1, 0.15) is 12.1 Å². The number of nitrogens with one attached hydrogen (secondary N) is 1. The summed E-state index contributed by atoms with van der Waals surface area (Å²) in [5, 5.41) is 11.5. The highest BCUT2D eigenvalue weighted by atomic mass is 16.5. The van der Waals surface area contributed by atoms with Crippen LogP contribution in [-0.4, -0.2) is 21.2 Å². The van der Waals surface area contributed by atoms with Crippen molar-refractivity contribution in [2.45, 2.75) is 38.6 Å². The zero-order valence-electron chi connectivity index (χ0n) is 15.6. The fourth-order valence-electron chi connectivity index (χ4n) is 3.66. The van der Waals surface area contributed by atoms with Crippen LogP contribution in [0.4, 0.5) is 0 Å². The Morgan fingerprint density at radius 3 is 2.78 bits per heavy atom. The highest BCUT2D eigenvalue weighted by Gasteiger charge is 2.14. The summed E-state index contributed by atoms with van der Waals surface area (Å²) >= 11 is 0. The number of hydrogen-bond acceptors (Lipinski definition) is 4. The zero-order valence-corrected chi connectivity index (χ0v) is 15.6. The van der Waals surface area contributed by atoms with E-state index in [2.05, 4.69) is 46.4 Å². The van der Waals surface area contributed by atoms with Crippen LogP contribution in [0.2, 0.25) is 0 Å². The first-order valence-electron chi connectivity index (χ1n) is 9.73. The van der Waals surface area contributed by atoms with E-state index >= 15 is 0 Å². The average Bonchev–Trinajstić information content (AvgIpc) is 3.21. The Balaban J connectivity index is 1.30. The normalized spacial score (nSPS) is 15.0. The predicted octanol–water partition coefficient (Wildman–Crippen LogP) is 4.45. The minimum atomic E-state index is 0.705. The fraction of sp³-hybridized carbons (Fsp3) is 0.364. The molecule has 0 spiro atoms. The number of hydrogen-bond donors (Lipinski definition) is 1. The Labute approximate surface area is 160 Å². The number of pyridine rings is 1. The Hall–Kier alpha value is -2.82. The van der Waals surface area contributed by atoms with Gasteiger partial charge < -0.3 is 10.1 Å². The Bertz CT molecular complexity index is 894. The lowest BCUT2D eigenvalue weighted by Gasteiger charge is -2.21. The van der Waals surface area contributed by atoms with Crippen LogP contribution >= 0.6 is 0 Å². The number of benzene rings is 1. The van der Waals surface area contributed by atoms with Gasteiger partial charge in [0.25, 0.3) is 0 Å². The second-order valence-corrected chi connectivity index (χ2v) is 7.27. The van der Waals surface area contributed by atoms with Crippen LogP contribution in [0.25, 0.3) is 11.3 Å². The highest BCUT2D eigenvalue weighted by Crippen LogP contribution is 2.25. The molecule has 2 aromatic heterocycles. The lowest BCUT2D eigenvalue weighted by atomic mass is 9.90. The van der Waals surface area contributed by atoms with Crippen LogP contribution in [0.3, 0.4) is 0 Å². The first-order valence-corrected chi connectivity index (χ1v) is 9.73. The molecule has 0 amide bonds. The SMILES string of the molecule is C=C(NCc1ccc(OCC2CCCCC2)cc1)c1cccn2cnnc12. The van der Waals surface area contributed by atoms with Gasteiger partial charge in [-0.3, -0.25) is 4.40 Å². The lowest BCUT2D eigenvalue weighted by molar-refractivity contribution is 0.209. The molecule has 2 heterocycles. The maximum atomic E-state index is 5.98. The summed E-state index contributed by atoms with van der Waals surface area (Å²) in [7, 11) is 0. The van der Waals surface area contributed by atoms with Crippen molar-refractivity contribution in [1.29, 1.82) is 0 Å². The Morgan fingerprint density at radius 1 is 1.15 bits per heavy atom. The monoisotopic (exact) mass is 362 g/mol. The molecule has 1 N–H and O–H groups in total. The van der Waals surface area contributed by atoms with Gasteiger partial charge in [-0.1, -0.05) is 38.0 Å². The third-order valence-corrected chi connectivity index (χ3v) is 5.29. The molecule has 1 aliphatic rings. The van der Waals surface area contributed by atoms with E-state index in [1.54, 1.807) is 6.33 Å². The van der Waals surface area contributed by atoms with Crippen LogP contribution in [0.5, 0.6) is 5.75 Å². The molecule has 0 saturated heterocycles. The number of ether oxygens (including phenoxy) is 1. The Kier molecular flexibility index (Phi) is 5.37. The predicted molar refractivity (Wildman–Crippen MR) is 107 cm³/mol. The van der Waals surface area contributed by atoms with Crippen molar-refractivity contribution in [3.05, 3.63) is 66.6 Å². The van der Waals surface area contributed by atoms with Gasteiger partial charge in [0.05, 0.1) is 6.61 Å². The van der Waals surface area contributed by atoms with Gasteiger partial charge in [0.15, 0.2) is 5.65 Å². The van der Waals surface area contributed by atoms with Crippen LogP contribution in [0.1, 0.15) is 43.2 Å². The minimum absolute atomic E-state index is 0.705. The van der Waals surface area contributed by atoms with E-state index in [0.29, 0.717) is 6.54 Å². The maximum absolute atomic E-state index is 5.98. The van der Waals surface area contributed by atoms with Crippen LogP contribution in [0.15, 0.2) is 55.5 Å². The molecule has 0 aliphatic heterocycles. The molecule has 1 saturated carbocycles. The van der Waals surface area contributed by atoms with Gasteiger partial charge in [-0.15, -0.1) is 10.2 Å². The minimum Gasteiger partial charge on any atom is -0.493 e. The topological polar surface area (TPSA) is 51.5 Å². The summed E-state index contributed by atoms with van der Waals surface area (Å²) in [4.78, 5) is 0. The van der Waals surface area contributed by atoms with E-state index < -0.39 is 0 Å². The van der Waals surface area contributed by atoms with E-state index in [0.717, 1.165) is 35.2 Å². The van der Waals surface area contributed by atoms with Gasteiger partial charge in [-0.25, -0.2) is 0 Å². The van der Waals surface area contributed by atoms with E-state index in [1.165, 1.54) is 37.7 Å². The van der Waals surface area contributed by atoms with Gasteiger partial charge in [0.2, 0.25) is 0 Å². The highest BCUT2D eigenvalue weighted by molar-refractivity contribution is 5.73. The average molecular weight is 362 g/mol. The molecule has 1 aliphatic carbocycles. The van der Waals surface area contributed by atoms with Crippen molar-refractivity contribution in [3.63, 3.8) is 0 Å². The van der Waals surface area contributed by atoms with E-state index in [1.807, 2.05) is 22.7 Å². The van der Waals surface area contributed by atoms with Crippen LogP contribution in [0, 0.1) is 5.92 Å². The van der Waals surface area contributed by atoms with Crippen LogP contribution < -0.4 is 10.1 Å². The summed E-state index contributed by atoms with van der Waals surface area (Å²) in [6.07, 6.45) is 10.3.